The van der Waals surface area contributed by atoms with Crippen LogP contribution in [0.1, 0.15) is 33.9 Å². The Bertz CT molecular complexity index is 1410. The minimum Gasteiger partial charge on any atom is -0.489 e. The van der Waals surface area contributed by atoms with Crippen molar-refractivity contribution in [3.63, 3.8) is 0 Å². The van der Waals surface area contributed by atoms with Crippen LogP contribution in [-0.2, 0) is 11.4 Å². The molecule has 0 aliphatic heterocycles. The Labute approximate surface area is 225 Å². The first kappa shape index (κ1) is 26.4. The van der Waals surface area contributed by atoms with Gasteiger partial charge in [-0.25, -0.2) is 15.4 Å². The Morgan fingerprint density at radius 1 is 1.05 bits per heavy atom. The van der Waals surface area contributed by atoms with E-state index in [9.17, 15) is 4.79 Å². The van der Waals surface area contributed by atoms with E-state index in [-0.39, 0.29) is 11.7 Å². The molecule has 4 rings (SSSR count). The molecule has 0 saturated heterocycles. The predicted molar refractivity (Wildman–Crippen MR) is 149 cm³/mol. The topological polar surface area (TPSA) is 81.4 Å². The normalized spacial score (nSPS) is 11.2. The molecule has 0 spiro atoms. The second-order valence-electron chi connectivity index (χ2n) is 8.55. The summed E-state index contributed by atoms with van der Waals surface area (Å²) in [6, 6.07) is 19.5. The number of aryl methyl sites for hydroxylation is 3. The Morgan fingerprint density at radius 2 is 1.76 bits per heavy atom. The maximum Gasteiger partial charge on any atom is 0.250 e. The van der Waals surface area contributed by atoms with Crippen LogP contribution < -0.4 is 10.2 Å². The molecule has 0 fully saturated rings. The molecular formula is C28H28ClN5O2S. The van der Waals surface area contributed by atoms with Crippen molar-refractivity contribution in [2.75, 3.05) is 5.75 Å². The Balaban J connectivity index is 1.35. The first-order valence-electron chi connectivity index (χ1n) is 11.7. The lowest BCUT2D eigenvalue weighted by Gasteiger charge is -2.12. The van der Waals surface area contributed by atoms with Gasteiger partial charge in [-0.3, -0.25) is 4.79 Å². The SMILES string of the molecule is Cc1cc(C)nc(SCC(=O)N/N=C\c2cc(C)n(-c3ccc(OCc4ccccc4Cl)cc3)c2C)n1. The molecule has 0 aliphatic carbocycles. The fourth-order valence-corrected chi connectivity index (χ4v) is 4.81. The van der Waals surface area contributed by atoms with Crippen LogP contribution in [0.5, 0.6) is 5.75 Å². The van der Waals surface area contributed by atoms with Gasteiger partial charge < -0.3 is 9.30 Å². The van der Waals surface area contributed by atoms with Crippen LogP contribution in [-0.4, -0.2) is 32.4 Å². The lowest BCUT2D eigenvalue weighted by atomic mass is 10.2. The molecule has 9 heteroatoms. The largest absolute Gasteiger partial charge is 0.489 e. The molecular weight excluding hydrogens is 506 g/mol. The third-order valence-electron chi connectivity index (χ3n) is 5.60. The van der Waals surface area contributed by atoms with Gasteiger partial charge in [0.25, 0.3) is 5.91 Å². The molecule has 4 aromatic rings. The van der Waals surface area contributed by atoms with Gasteiger partial charge in [0.1, 0.15) is 12.4 Å². The number of hydrazone groups is 1. The second kappa shape index (κ2) is 12.1. The fourth-order valence-electron chi connectivity index (χ4n) is 3.88. The number of ether oxygens (including phenoxy) is 1. The van der Waals surface area contributed by atoms with Gasteiger partial charge in [0.2, 0.25) is 0 Å². The number of hydrogen-bond acceptors (Lipinski definition) is 6. The molecule has 190 valence electrons. The lowest BCUT2D eigenvalue weighted by Crippen LogP contribution is -2.19. The number of nitrogens with zero attached hydrogens (tertiary/aromatic N) is 4. The molecule has 0 saturated carbocycles. The van der Waals surface area contributed by atoms with Crippen LogP contribution >= 0.6 is 23.4 Å². The van der Waals surface area contributed by atoms with Crippen LogP contribution in [0, 0.1) is 27.7 Å². The number of carbonyl (C=O) groups is 1. The standard InChI is InChI=1S/C28H28ClN5O2S/c1-18-13-19(2)32-28(31-18)37-17-27(35)33-30-15-23-14-20(3)34(21(23)4)24-9-11-25(12-10-24)36-16-22-7-5-6-8-26(22)29/h5-15H,16-17H2,1-4H3,(H,33,35)/b30-15-. The molecule has 1 N–H and O–H groups in total. The Hall–Kier alpha value is -3.62. The average molecular weight is 534 g/mol. The van der Waals surface area contributed by atoms with Gasteiger partial charge in [-0.1, -0.05) is 41.6 Å². The molecule has 0 aliphatic rings. The summed E-state index contributed by atoms with van der Waals surface area (Å²) in [5.41, 5.74) is 9.28. The first-order chi connectivity index (χ1) is 17.8. The third-order valence-corrected chi connectivity index (χ3v) is 6.82. The highest BCUT2D eigenvalue weighted by Crippen LogP contribution is 2.23. The molecule has 2 aromatic heterocycles. The van der Waals surface area contributed by atoms with Crippen molar-refractivity contribution < 1.29 is 9.53 Å². The summed E-state index contributed by atoms with van der Waals surface area (Å²) >= 11 is 7.50. The van der Waals surface area contributed by atoms with E-state index in [0.717, 1.165) is 45.3 Å². The zero-order valence-electron chi connectivity index (χ0n) is 21.2. The maximum absolute atomic E-state index is 12.2. The number of thioether (sulfide) groups is 1. The zero-order chi connectivity index (χ0) is 26.4. The Kier molecular flexibility index (Phi) is 8.63. The molecule has 7 nitrogen and oxygen atoms in total. The van der Waals surface area contributed by atoms with Crippen molar-refractivity contribution in [3.8, 4) is 11.4 Å². The van der Waals surface area contributed by atoms with E-state index >= 15 is 0 Å². The van der Waals surface area contributed by atoms with Crippen LogP contribution in [0.4, 0.5) is 0 Å². The van der Waals surface area contributed by atoms with Gasteiger partial charge in [-0.05, 0) is 70.2 Å². The molecule has 0 radical (unpaired) electrons. The van der Waals surface area contributed by atoms with Crippen molar-refractivity contribution in [3.05, 3.63) is 99.6 Å². The van der Waals surface area contributed by atoms with Crippen LogP contribution in [0.3, 0.4) is 0 Å². The van der Waals surface area contributed by atoms with Gasteiger partial charge >= 0.3 is 0 Å². The minimum atomic E-state index is -0.217. The molecule has 0 bridgehead atoms. The summed E-state index contributed by atoms with van der Waals surface area (Å²) in [6.07, 6.45) is 1.66. The minimum absolute atomic E-state index is 0.185. The number of hydrogen-bond donors (Lipinski definition) is 1. The molecule has 37 heavy (non-hydrogen) atoms. The molecule has 2 heterocycles. The quantitative estimate of drug-likeness (QED) is 0.124. The van der Waals surface area contributed by atoms with E-state index in [4.69, 9.17) is 16.3 Å². The fraction of sp³-hybridized carbons (Fsp3) is 0.214. The van der Waals surface area contributed by atoms with Gasteiger partial charge in [-0.15, -0.1) is 0 Å². The molecule has 0 atom stereocenters. The van der Waals surface area contributed by atoms with E-state index in [1.54, 1.807) is 6.21 Å². The molecule has 0 unspecified atom stereocenters. The lowest BCUT2D eigenvalue weighted by molar-refractivity contribution is -0.118. The molecule has 2 aromatic carbocycles. The van der Waals surface area contributed by atoms with Crippen LogP contribution in [0.25, 0.3) is 5.69 Å². The first-order valence-corrected chi connectivity index (χ1v) is 13.1. The van der Waals surface area contributed by atoms with E-state index < -0.39 is 0 Å². The number of amides is 1. The van der Waals surface area contributed by atoms with Crippen molar-refractivity contribution >= 4 is 35.5 Å². The zero-order valence-corrected chi connectivity index (χ0v) is 22.7. The van der Waals surface area contributed by atoms with Gasteiger partial charge in [0.15, 0.2) is 5.16 Å². The smallest absolute Gasteiger partial charge is 0.250 e. The maximum atomic E-state index is 12.2. The summed E-state index contributed by atoms with van der Waals surface area (Å²) in [6.45, 7) is 8.27. The van der Waals surface area contributed by atoms with Gasteiger partial charge in [-0.2, -0.15) is 5.10 Å². The van der Waals surface area contributed by atoms with E-state index in [2.05, 4.69) is 25.1 Å². The van der Waals surface area contributed by atoms with Crippen molar-refractivity contribution in [1.82, 2.24) is 20.0 Å². The number of carbonyl (C=O) groups excluding carboxylic acids is 1. The van der Waals surface area contributed by atoms with E-state index in [1.165, 1.54) is 11.8 Å². The summed E-state index contributed by atoms with van der Waals surface area (Å²) < 4.78 is 8.03. The summed E-state index contributed by atoms with van der Waals surface area (Å²) in [5, 5.41) is 5.43. The third kappa shape index (κ3) is 6.99. The predicted octanol–water partition coefficient (Wildman–Crippen LogP) is 5.98. The van der Waals surface area contributed by atoms with Gasteiger partial charge in [0.05, 0.1) is 12.0 Å². The average Bonchev–Trinajstić information content (AvgIpc) is 3.15. The number of benzene rings is 2. The number of halogens is 1. The van der Waals surface area contributed by atoms with Gasteiger partial charge in [0, 0.05) is 44.6 Å². The van der Waals surface area contributed by atoms with Crippen LogP contribution in [0.15, 0.2) is 70.9 Å². The number of rotatable bonds is 9. The highest BCUT2D eigenvalue weighted by molar-refractivity contribution is 7.99. The summed E-state index contributed by atoms with van der Waals surface area (Å²) in [5.74, 6) is 0.731. The Morgan fingerprint density at radius 3 is 2.46 bits per heavy atom. The summed E-state index contributed by atoms with van der Waals surface area (Å²) in [4.78, 5) is 20.9. The number of nitrogens with one attached hydrogen (secondary N) is 1. The van der Waals surface area contributed by atoms with Crippen molar-refractivity contribution in [2.45, 2.75) is 39.5 Å². The van der Waals surface area contributed by atoms with Crippen LogP contribution in [0.2, 0.25) is 5.02 Å². The van der Waals surface area contributed by atoms with E-state index in [1.807, 2.05) is 88.4 Å². The van der Waals surface area contributed by atoms with Crippen molar-refractivity contribution in [1.29, 1.82) is 0 Å². The van der Waals surface area contributed by atoms with Crippen molar-refractivity contribution in [2.24, 2.45) is 5.10 Å². The van der Waals surface area contributed by atoms with E-state index in [0.29, 0.717) is 16.8 Å². The second-order valence-corrected chi connectivity index (χ2v) is 9.90. The number of aromatic nitrogens is 3. The highest BCUT2D eigenvalue weighted by Gasteiger charge is 2.11. The molecule has 1 amide bonds. The monoisotopic (exact) mass is 533 g/mol. The summed E-state index contributed by atoms with van der Waals surface area (Å²) in [7, 11) is 0. The highest BCUT2D eigenvalue weighted by atomic mass is 35.5.